The van der Waals surface area contributed by atoms with Gasteiger partial charge >= 0.3 is 0 Å². The lowest BCUT2D eigenvalue weighted by Crippen LogP contribution is -2.42. The lowest BCUT2D eigenvalue weighted by Gasteiger charge is -2.16. The summed E-state index contributed by atoms with van der Waals surface area (Å²) in [6, 6.07) is 6.42. The van der Waals surface area contributed by atoms with E-state index in [1.807, 2.05) is 0 Å². The van der Waals surface area contributed by atoms with Crippen LogP contribution in [0, 0.1) is 13.8 Å². The minimum atomic E-state index is -0.0341. The van der Waals surface area contributed by atoms with Crippen molar-refractivity contribution in [1.29, 1.82) is 0 Å². The second-order valence-electron chi connectivity index (χ2n) is 5.15. The lowest BCUT2D eigenvalue weighted by molar-refractivity contribution is -0.122. The fourth-order valence-electron chi connectivity index (χ4n) is 2.41. The number of carbonyl (C=O) groups excluding carboxylic acids is 1. The highest BCUT2D eigenvalue weighted by atomic mass is 16.2. The van der Waals surface area contributed by atoms with Crippen LogP contribution in [0.4, 0.5) is 0 Å². The number of rotatable bonds is 3. The van der Waals surface area contributed by atoms with Crippen LogP contribution in [0.2, 0.25) is 0 Å². The zero-order chi connectivity index (χ0) is 13.0. The quantitative estimate of drug-likeness (QED) is 0.857. The van der Waals surface area contributed by atoms with E-state index in [0.717, 1.165) is 32.4 Å². The van der Waals surface area contributed by atoms with Crippen molar-refractivity contribution in [2.24, 2.45) is 0 Å². The molecule has 1 aliphatic heterocycles. The van der Waals surface area contributed by atoms with Gasteiger partial charge in [-0.05, 0) is 44.2 Å². The smallest absolute Gasteiger partial charge is 0.237 e. The summed E-state index contributed by atoms with van der Waals surface area (Å²) in [5.74, 6) is 0.150. The van der Waals surface area contributed by atoms with Gasteiger partial charge in [0.2, 0.25) is 5.91 Å². The Morgan fingerprint density at radius 3 is 2.94 bits per heavy atom. The Balaban J connectivity index is 1.95. The first-order chi connectivity index (χ1) is 8.66. The van der Waals surface area contributed by atoms with Crippen molar-refractivity contribution in [3.05, 3.63) is 34.9 Å². The Hall–Kier alpha value is -1.35. The summed E-state index contributed by atoms with van der Waals surface area (Å²) >= 11 is 0. The van der Waals surface area contributed by atoms with E-state index in [4.69, 9.17) is 0 Å². The second-order valence-corrected chi connectivity index (χ2v) is 5.15. The Labute approximate surface area is 109 Å². The van der Waals surface area contributed by atoms with Gasteiger partial charge in [-0.3, -0.25) is 4.79 Å². The van der Waals surface area contributed by atoms with Crippen molar-refractivity contribution in [3.63, 3.8) is 0 Å². The summed E-state index contributed by atoms with van der Waals surface area (Å²) in [5.41, 5.74) is 3.85. The topological polar surface area (TPSA) is 41.1 Å². The summed E-state index contributed by atoms with van der Waals surface area (Å²) < 4.78 is 0. The molecular formula is C15H22N2O. The van der Waals surface area contributed by atoms with Crippen LogP contribution in [0.15, 0.2) is 18.2 Å². The first-order valence-electron chi connectivity index (χ1n) is 6.74. The minimum Gasteiger partial charge on any atom is -0.355 e. The molecule has 1 fully saturated rings. The van der Waals surface area contributed by atoms with E-state index in [0.29, 0.717) is 0 Å². The molecule has 1 aliphatic rings. The number of amides is 1. The molecule has 2 N–H and O–H groups in total. The standard InChI is InChI=1S/C15H22N2O/c1-11-6-7-13(12(2)9-11)10-17-14-5-3-4-8-16-15(14)18/h6-7,9,14,17H,3-5,8,10H2,1-2H3,(H,16,18)/t14-/m0/s1. The van der Waals surface area contributed by atoms with Crippen LogP contribution in [-0.2, 0) is 11.3 Å². The van der Waals surface area contributed by atoms with E-state index in [-0.39, 0.29) is 11.9 Å². The Morgan fingerprint density at radius 2 is 2.17 bits per heavy atom. The van der Waals surface area contributed by atoms with Crippen LogP contribution in [0.25, 0.3) is 0 Å². The van der Waals surface area contributed by atoms with Crippen LogP contribution in [0.3, 0.4) is 0 Å². The van der Waals surface area contributed by atoms with Gasteiger partial charge in [0.1, 0.15) is 0 Å². The fourth-order valence-corrected chi connectivity index (χ4v) is 2.41. The predicted octanol–water partition coefficient (Wildman–Crippen LogP) is 2.06. The fraction of sp³-hybridized carbons (Fsp3) is 0.533. The second kappa shape index (κ2) is 6.01. The zero-order valence-electron chi connectivity index (χ0n) is 11.3. The molecule has 98 valence electrons. The summed E-state index contributed by atoms with van der Waals surface area (Å²) in [6.07, 6.45) is 3.15. The molecule has 0 spiro atoms. The van der Waals surface area contributed by atoms with Crippen molar-refractivity contribution in [3.8, 4) is 0 Å². The van der Waals surface area contributed by atoms with Gasteiger partial charge in [-0.15, -0.1) is 0 Å². The molecule has 1 aromatic rings. The molecule has 0 aromatic heterocycles. The number of nitrogens with one attached hydrogen (secondary N) is 2. The maximum atomic E-state index is 11.8. The van der Waals surface area contributed by atoms with Crippen molar-refractivity contribution < 1.29 is 4.79 Å². The summed E-state index contributed by atoms with van der Waals surface area (Å²) in [4.78, 5) is 11.8. The maximum absolute atomic E-state index is 11.8. The van der Waals surface area contributed by atoms with Gasteiger partial charge in [0.05, 0.1) is 6.04 Å². The zero-order valence-corrected chi connectivity index (χ0v) is 11.3. The van der Waals surface area contributed by atoms with E-state index < -0.39 is 0 Å². The molecule has 1 heterocycles. The van der Waals surface area contributed by atoms with Gasteiger partial charge in [-0.2, -0.15) is 0 Å². The van der Waals surface area contributed by atoms with Gasteiger partial charge in [-0.1, -0.05) is 23.8 Å². The van der Waals surface area contributed by atoms with Crippen LogP contribution in [-0.4, -0.2) is 18.5 Å². The largest absolute Gasteiger partial charge is 0.355 e. The number of aryl methyl sites for hydroxylation is 2. The highest BCUT2D eigenvalue weighted by Gasteiger charge is 2.19. The van der Waals surface area contributed by atoms with Crippen molar-refractivity contribution in [2.75, 3.05) is 6.54 Å². The number of benzene rings is 1. The molecule has 1 saturated heterocycles. The van der Waals surface area contributed by atoms with Crippen molar-refractivity contribution in [1.82, 2.24) is 10.6 Å². The van der Waals surface area contributed by atoms with Gasteiger partial charge in [0, 0.05) is 13.1 Å². The highest BCUT2D eigenvalue weighted by molar-refractivity contribution is 5.81. The first kappa shape index (κ1) is 13.1. The third-order valence-corrected chi connectivity index (χ3v) is 3.57. The molecule has 1 atom stereocenters. The summed E-state index contributed by atoms with van der Waals surface area (Å²) in [6.45, 7) is 5.81. The lowest BCUT2D eigenvalue weighted by atomic mass is 10.0. The van der Waals surface area contributed by atoms with Crippen molar-refractivity contribution in [2.45, 2.75) is 45.7 Å². The van der Waals surface area contributed by atoms with Crippen LogP contribution in [0.1, 0.15) is 36.0 Å². The molecule has 0 saturated carbocycles. The average Bonchev–Trinajstić information content (AvgIpc) is 2.53. The molecule has 0 aliphatic carbocycles. The van der Waals surface area contributed by atoms with Crippen LogP contribution < -0.4 is 10.6 Å². The van der Waals surface area contributed by atoms with E-state index in [9.17, 15) is 4.79 Å². The van der Waals surface area contributed by atoms with Crippen LogP contribution >= 0.6 is 0 Å². The van der Waals surface area contributed by atoms with E-state index in [2.05, 4.69) is 42.7 Å². The summed E-state index contributed by atoms with van der Waals surface area (Å²) in [7, 11) is 0. The minimum absolute atomic E-state index is 0.0341. The molecule has 2 rings (SSSR count). The number of hydrogen-bond donors (Lipinski definition) is 2. The van der Waals surface area contributed by atoms with E-state index >= 15 is 0 Å². The molecule has 1 aromatic carbocycles. The van der Waals surface area contributed by atoms with Crippen LogP contribution in [0.5, 0.6) is 0 Å². The SMILES string of the molecule is Cc1ccc(CN[C@H]2CCCCNC2=O)c(C)c1. The van der Waals surface area contributed by atoms with Gasteiger partial charge in [-0.25, -0.2) is 0 Å². The molecule has 0 bridgehead atoms. The maximum Gasteiger partial charge on any atom is 0.237 e. The Bertz CT molecular complexity index is 429. The molecule has 0 radical (unpaired) electrons. The molecule has 0 unspecified atom stereocenters. The number of hydrogen-bond acceptors (Lipinski definition) is 2. The molecule has 3 heteroatoms. The van der Waals surface area contributed by atoms with Gasteiger partial charge < -0.3 is 10.6 Å². The van der Waals surface area contributed by atoms with Crippen molar-refractivity contribution >= 4 is 5.91 Å². The number of carbonyl (C=O) groups is 1. The van der Waals surface area contributed by atoms with Gasteiger partial charge in [0.25, 0.3) is 0 Å². The first-order valence-corrected chi connectivity index (χ1v) is 6.74. The highest BCUT2D eigenvalue weighted by Crippen LogP contribution is 2.12. The normalized spacial score (nSPS) is 20.3. The third-order valence-electron chi connectivity index (χ3n) is 3.57. The Morgan fingerprint density at radius 1 is 1.33 bits per heavy atom. The molecular weight excluding hydrogens is 224 g/mol. The molecule has 1 amide bonds. The monoisotopic (exact) mass is 246 g/mol. The Kier molecular flexibility index (Phi) is 4.37. The van der Waals surface area contributed by atoms with E-state index in [1.165, 1.54) is 16.7 Å². The third kappa shape index (κ3) is 3.33. The summed E-state index contributed by atoms with van der Waals surface area (Å²) in [5, 5.41) is 6.33. The average molecular weight is 246 g/mol. The predicted molar refractivity (Wildman–Crippen MR) is 73.4 cm³/mol. The van der Waals surface area contributed by atoms with E-state index in [1.54, 1.807) is 0 Å². The molecule has 3 nitrogen and oxygen atoms in total. The van der Waals surface area contributed by atoms with Gasteiger partial charge in [0.15, 0.2) is 0 Å². The molecule has 18 heavy (non-hydrogen) atoms.